The molecule has 0 fully saturated rings. The molecule has 0 saturated carbocycles. The van der Waals surface area contributed by atoms with Crippen LogP contribution in [0.5, 0.6) is 5.75 Å². The summed E-state index contributed by atoms with van der Waals surface area (Å²) in [4.78, 5) is 24.8. The maximum atomic E-state index is 13.2. The Labute approximate surface area is 196 Å². The molecular weight excluding hydrogens is 449 g/mol. The second kappa shape index (κ2) is 9.63. The van der Waals surface area contributed by atoms with Crippen LogP contribution in [0.1, 0.15) is 38.7 Å². The lowest BCUT2D eigenvalue weighted by atomic mass is 9.95. The van der Waals surface area contributed by atoms with E-state index in [1.54, 1.807) is 42.5 Å². The lowest BCUT2D eigenvalue weighted by Crippen LogP contribution is -2.29. The van der Waals surface area contributed by atoms with Gasteiger partial charge in [-0.2, -0.15) is 0 Å². The summed E-state index contributed by atoms with van der Waals surface area (Å²) >= 11 is 12.7. The Morgan fingerprint density at radius 3 is 2.75 bits per heavy atom. The van der Waals surface area contributed by atoms with Gasteiger partial charge in [0.25, 0.3) is 5.91 Å². The molecule has 1 heterocycles. The summed E-state index contributed by atoms with van der Waals surface area (Å²) in [6.45, 7) is 0.640. The summed E-state index contributed by atoms with van der Waals surface area (Å²) in [7, 11) is 1.33. The summed E-state index contributed by atoms with van der Waals surface area (Å²) in [6.07, 6.45) is 0.898. The zero-order valence-corrected chi connectivity index (χ0v) is 18.9. The third kappa shape index (κ3) is 4.90. The highest BCUT2D eigenvalue weighted by atomic mass is 35.5. The van der Waals surface area contributed by atoms with Gasteiger partial charge in [0.15, 0.2) is 0 Å². The molecule has 1 N–H and O–H groups in total. The fraction of sp³-hybridized carbons (Fsp3) is 0.200. The van der Waals surface area contributed by atoms with Gasteiger partial charge in [-0.3, -0.25) is 9.59 Å². The molecule has 3 aromatic carbocycles. The van der Waals surface area contributed by atoms with Crippen LogP contribution in [0.25, 0.3) is 0 Å². The minimum absolute atomic E-state index is 0.0893. The van der Waals surface area contributed by atoms with Crippen LogP contribution in [0, 0.1) is 0 Å². The van der Waals surface area contributed by atoms with Crippen LogP contribution >= 0.6 is 23.2 Å². The molecule has 0 saturated heterocycles. The van der Waals surface area contributed by atoms with Gasteiger partial charge >= 0.3 is 5.97 Å². The number of hydrogen-bond donors (Lipinski definition) is 1. The maximum Gasteiger partial charge on any atom is 0.309 e. The average Bonchev–Trinajstić information content (AvgIpc) is 3.27. The molecule has 4 rings (SSSR count). The van der Waals surface area contributed by atoms with Crippen molar-refractivity contribution in [3.63, 3.8) is 0 Å². The minimum atomic E-state index is -0.524. The topological polar surface area (TPSA) is 64.6 Å². The van der Waals surface area contributed by atoms with Gasteiger partial charge in [-0.1, -0.05) is 41.4 Å². The van der Waals surface area contributed by atoms with Gasteiger partial charge in [-0.15, -0.1) is 0 Å². The molecule has 0 bridgehead atoms. The monoisotopic (exact) mass is 469 g/mol. The third-order valence-electron chi connectivity index (χ3n) is 5.36. The number of carbonyl (C=O) groups excluding carboxylic acids is 2. The summed E-state index contributed by atoms with van der Waals surface area (Å²) < 4.78 is 10.3. The van der Waals surface area contributed by atoms with Crippen LogP contribution in [-0.4, -0.2) is 25.6 Å². The van der Waals surface area contributed by atoms with Crippen molar-refractivity contribution < 1.29 is 19.1 Å². The first-order valence-corrected chi connectivity index (χ1v) is 10.9. The number of amides is 1. The zero-order valence-electron chi connectivity index (χ0n) is 17.4. The molecule has 0 spiro atoms. The highest BCUT2D eigenvalue weighted by Gasteiger charge is 2.23. The lowest BCUT2D eigenvalue weighted by Gasteiger charge is -2.22. The highest BCUT2D eigenvalue weighted by molar-refractivity contribution is 6.33. The number of carbonyl (C=O) groups is 2. The quantitative estimate of drug-likeness (QED) is 0.506. The first-order chi connectivity index (χ1) is 15.4. The second-order valence-corrected chi connectivity index (χ2v) is 8.33. The molecular formula is C25H21Cl2NO4. The van der Waals surface area contributed by atoms with E-state index in [1.165, 1.54) is 7.11 Å². The molecule has 164 valence electrons. The van der Waals surface area contributed by atoms with E-state index < -0.39 is 6.04 Å². The summed E-state index contributed by atoms with van der Waals surface area (Å²) in [5.74, 6) is 0.188. The van der Waals surface area contributed by atoms with E-state index >= 15 is 0 Å². The molecule has 0 radical (unpaired) electrons. The van der Waals surface area contributed by atoms with Gasteiger partial charge in [0.2, 0.25) is 0 Å². The molecule has 5 nitrogen and oxygen atoms in total. The summed E-state index contributed by atoms with van der Waals surface area (Å²) in [5.41, 5.74) is 3.77. The maximum absolute atomic E-state index is 13.2. The molecule has 32 heavy (non-hydrogen) atoms. The van der Waals surface area contributed by atoms with Crippen LogP contribution in [0.2, 0.25) is 10.0 Å². The molecule has 7 heteroatoms. The Morgan fingerprint density at radius 1 is 1.09 bits per heavy atom. The number of benzene rings is 3. The van der Waals surface area contributed by atoms with Crippen LogP contribution in [0.3, 0.4) is 0 Å². The van der Waals surface area contributed by atoms with Gasteiger partial charge in [0.1, 0.15) is 5.75 Å². The van der Waals surface area contributed by atoms with Crippen molar-refractivity contribution in [2.24, 2.45) is 0 Å². The van der Waals surface area contributed by atoms with Crippen molar-refractivity contribution in [2.45, 2.75) is 18.9 Å². The van der Waals surface area contributed by atoms with Crippen molar-refractivity contribution in [3.8, 4) is 5.75 Å². The van der Waals surface area contributed by atoms with Crippen LogP contribution < -0.4 is 10.1 Å². The minimum Gasteiger partial charge on any atom is -0.493 e. The molecule has 1 atom stereocenters. The Morgan fingerprint density at radius 2 is 1.94 bits per heavy atom. The van der Waals surface area contributed by atoms with E-state index in [9.17, 15) is 9.59 Å². The second-order valence-electron chi connectivity index (χ2n) is 7.49. The van der Waals surface area contributed by atoms with Crippen LogP contribution in [-0.2, 0) is 22.4 Å². The normalized spacial score (nSPS) is 13.1. The average molecular weight is 470 g/mol. The Hall–Kier alpha value is -3.02. The van der Waals surface area contributed by atoms with Crippen molar-refractivity contribution in [1.29, 1.82) is 0 Å². The predicted octanol–water partition coefficient (Wildman–Crippen LogP) is 5.16. The van der Waals surface area contributed by atoms with Gasteiger partial charge in [0.05, 0.1) is 26.2 Å². The first-order valence-electron chi connectivity index (χ1n) is 10.1. The number of esters is 1. The fourth-order valence-electron chi connectivity index (χ4n) is 3.74. The first kappa shape index (κ1) is 22.2. The number of methoxy groups -OCH3 is 1. The largest absolute Gasteiger partial charge is 0.493 e. The number of fused-ring (bicyclic) bond motifs is 1. The van der Waals surface area contributed by atoms with E-state index in [4.69, 9.17) is 32.7 Å². The Balaban J connectivity index is 1.68. The third-order valence-corrected chi connectivity index (χ3v) is 5.94. The number of halogens is 2. The van der Waals surface area contributed by atoms with E-state index in [-0.39, 0.29) is 18.3 Å². The van der Waals surface area contributed by atoms with Gasteiger partial charge in [0, 0.05) is 22.0 Å². The van der Waals surface area contributed by atoms with Crippen LogP contribution in [0.15, 0.2) is 60.7 Å². The Bertz CT molecular complexity index is 1180. The molecule has 3 aromatic rings. The number of hydrogen-bond acceptors (Lipinski definition) is 4. The smallest absolute Gasteiger partial charge is 0.309 e. The van der Waals surface area contributed by atoms with Gasteiger partial charge in [-0.25, -0.2) is 0 Å². The highest BCUT2D eigenvalue weighted by Crippen LogP contribution is 2.34. The number of rotatable bonds is 6. The number of nitrogens with one attached hydrogen (secondary N) is 1. The van der Waals surface area contributed by atoms with E-state index in [2.05, 4.69) is 5.32 Å². The van der Waals surface area contributed by atoms with Crippen molar-refractivity contribution in [2.75, 3.05) is 13.7 Å². The SMILES string of the molecule is COC(=O)Cc1cccc(C(=O)NC(c2ccc3c(c2)CCO3)c2cc(Cl)ccc2Cl)c1. The Kier molecular flexibility index (Phi) is 6.68. The summed E-state index contributed by atoms with van der Waals surface area (Å²) in [5, 5.41) is 4.10. The van der Waals surface area contributed by atoms with Gasteiger partial charge < -0.3 is 14.8 Å². The molecule has 0 aromatic heterocycles. The molecule has 1 aliphatic rings. The standard InChI is InChI=1S/C25H21Cl2NO4/c1-31-23(29)12-15-3-2-4-18(11-15)25(30)28-24(20-14-19(26)6-7-21(20)27)17-5-8-22-16(13-17)9-10-32-22/h2-8,11,13-14,24H,9-10,12H2,1H3,(H,28,30). The molecule has 1 unspecified atom stereocenters. The summed E-state index contributed by atoms with van der Waals surface area (Å²) in [6, 6.07) is 17.4. The fourth-order valence-corrected chi connectivity index (χ4v) is 4.15. The molecule has 1 amide bonds. The van der Waals surface area contributed by atoms with Crippen molar-refractivity contribution in [1.82, 2.24) is 5.32 Å². The van der Waals surface area contributed by atoms with Gasteiger partial charge in [-0.05, 0) is 64.7 Å². The van der Waals surface area contributed by atoms with E-state index in [0.29, 0.717) is 33.3 Å². The predicted molar refractivity (Wildman–Crippen MR) is 124 cm³/mol. The van der Waals surface area contributed by atoms with Crippen LogP contribution in [0.4, 0.5) is 0 Å². The molecule has 1 aliphatic heterocycles. The van der Waals surface area contributed by atoms with E-state index in [1.807, 2.05) is 18.2 Å². The van der Waals surface area contributed by atoms with Crippen molar-refractivity contribution >= 4 is 35.1 Å². The lowest BCUT2D eigenvalue weighted by molar-refractivity contribution is -0.139. The molecule has 0 aliphatic carbocycles. The van der Waals surface area contributed by atoms with Crippen molar-refractivity contribution in [3.05, 3.63) is 98.5 Å². The van der Waals surface area contributed by atoms with E-state index in [0.717, 1.165) is 23.3 Å². The zero-order chi connectivity index (χ0) is 22.7. The number of ether oxygens (including phenoxy) is 2.